The van der Waals surface area contributed by atoms with Crippen molar-refractivity contribution in [3.8, 4) is 5.75 Å². The molecule has 1 rings (SSSR count). The molecule has 0 aliphatic carbocycles. The highest BCUT2D eigenvalue weighted by atomic mass is 79.9. The summed E-state index contributed by atoms with van der Waals surface area (Å²) in [6.07, 6.45) is 1.77. The summed E-state index contributed by atoms with van der Waals surface area (Å²) in [6.45, 7) is 5.81. The fourth-order valence-electron chi connectivity index (χ4n) is 1.58. The topological polar surface area (TPSA) is 52.4 Å². The van der Waals surface area contributed by atoms with E-state index in [1.54, 1.807) is 12.1 Å². The van der Waals surface area contributed by atoms with Crippen molar-refractivity contribution in [2.45, 2.75) is 44.5 Å². The number of halogens is 1. The normalized spacial score (nSPS) is 12.5. The number of nitro benzene ring substituents is 1. The lowest BCUT2D eigenvalue weighted by atomic mass is 10.1. The van der Waals surface area contributed by atoms with Crippen molar-refractivity contribution in [2.75, 3.05) is 0 Å². The van der Waals surface area contributed by atoms with Gasteiger partial charge in [-0.2, -0.15) is 0 Å². The molecule has 0 aliphatic rings. The van der Waals surface area contributed by atoms with Crippen LogP contribution in [-0.2, 0) is 6.42 Å². The molecular weight excluding hydrogens is 298 g/mol. The van der Waals surface area contributed by atoms with Crippen LogP contribution in [0.5, 0.6) is 5.75 Å². The third-order valence-electron chi connectivity index (χ3n) is 2.48. The van der Waals surface area contributed by atoms with Crippen LogP contribution in [-0.4, -0.2) is 15.9 Å². The summed E-state index contributed by atoms with van der Waals surface area (Å²) in [5.41, 5.74) is 1.06. The zero-order chi connectivity index (χ0) is 13.7. The summed E-state index contributed by atoms with van der Waals surface area (Å²) in [6, 6.07) is 5.07. The van der Waals surface area contributed by atoms with Gasteiger partial charge < -0.3 is 4.74 Å². The Hall–Kier alpha value is -1.10. The number of hydrogen-bond donors (Lipinski definition) is 0. The molecule has 4 nitrogen and oxygen atoms in total. The van der Waals surface area contributed by atoms with Gasteiger partial charge in [0.15, 0.2) is 5.75 Å². The fraction of sp³-hybridized carbons (Fsp3) is 0.538. The molecule has 0 heterocycles. The van der Waals surface area contributed by atoms with Crippen LogP contribution in [0.1, 0.15) is 32.8 Å². The highest BCUT2D eigenvalue weighted by Crippen LogP contribution is 2.30. The number of hydrogen-bond acceptors (Lipinski definition) is 3. The molecule has 1 unspecified atom stereocenters. The number of ether oxygens (including phenoxy) is 1. The van der Waals surface area contributed by atoms with Crippen molar-refractivity contribution in [1.82, 2.24) is 0 Å². The monoisotopic (exact) mass is 315 g/mol. The molecule has 18 heavy (non-hydrogen) atoms. The molecule has 0 aromatic heterocycles. The summed E-state index contributed by atoms with van der Waals surface area (Å²) < 4.78 is 5.51. The Morgan fingerprint density at radius 2 is 2.11 bits per heavy atom. The second-order valence-corrected chi connectivity index (χ2v) is 5.73. The minimum Gasteiger partial charge on any atom is -0.484 e. The van der Waals surface area contributed by atoms with Gasteiger partial charge in [0.1, 0.15) is 0 Å². The van der Waals surface area contributed by atoms with Gasteiger partial charge in [-0.15, -0.1) is 0 Å². The Labute approximate surface area is 116 Å². The van der Waals surface area contributed by atoms with E-state index in [1.165, 1.54) is 6.07 Å². The van der Waals surface area contributed by atoms with Crippen LogP contribution in [0.4, 0.5) is 5.69 Å². The maximum atomic E-state index is 10.9. The van der Waals surface area contributed by atoms with E-state index in [-0.39, 0.29) is 11.8 Å². The van der Waals surface area contributed by atoms with Gasteiger partial charge in [0, 0.05) is 10.9 Å². The molecule has 0 fully saturated rings. The summed E-state index contributed by atoms with van der Waals surface area (Å²) in [4.78, 5) is 10.9. The van der Waals surface area contributed by atoms with Gasteiger partial charge in [-0.1, -0.05) is 28.9 Å². The lowest BCUT2D eigenvalue weighted by Crippen LogP contribution is -2.08. The van der Waals surface area contributed by atoms with E-state index >= 15 is 0 Å². The van der Waals surface area contributed by atoms with Crippen molar-refractivity contribution in [1.29, 1.82) is 0 Å². The van der Waals surface area contributed by atoms with Crippen molar-refractivity contribution >= 4 is 21.6 Å². The predicted molar refractivity (Wildman–Crippen MR) is 75.6 cm³/mol. The number of alkyl halides is 1. The number of benzene rings is 1. The number of rotatable bonds is 6. The molecule has 0 aliphatic heterocycles. The molecule has 0 spiro atoms. The average molecular weight is 316 g/mol. The smallest absolute Gasteiger partial charge is 0.310 e. The van der Waals surface area contributed by atoms with Gasteiger partial charge in [-0.05, 0) is 38.3 Å². The molecule has 0 bridgehead atoms. The second kappa shape index (κ2) is 6.73. The highest BCUT2D eigenvalue weighted by molar-refractivity contribution is 9.09. The minimum absolute atomic E-state index is 0.0232. The van der Waals surface area contributed by atoms with Gasteiger partial charge in [0.2, 0.25) is 0 Å². The Bertz CT molecular complexity index is 421. The molecule has 0 saturated carbocycles. The predicted octanol–water partition coefficient (Wildman–Crippen LogP) is 4.10. The summed E-state index contributed by atoms with van der Waals surface area (Å²) >= 11 is 3.56. The largest absolute Gasteiger partial charge is 0.484 e. The van der Waals surface area contributed by atoms with Crippen LogP contribution in [0.3, 0.4) is 0 Å². The molecule has 0 N–H and O–H groups in total. The van der Waals surface area contributed by atoms with Gasteiger partial charge in [-0.3, -0.25) is 10.1 Å². The van der Waals surface area contributed by atoms with Crippen LogP contribution >= 0.6 is 15.9 Å². The lowest BCUT2D eigenvalue weighted by Gasteiger charge is -2.12. The molecule has 5 heteroatoms. The SMILES string of the molecule is CCC(Br)Cc1ccc([N+](=O)[O-])c(OC(C)C)c1. The standard InChI is InChI=1S/C13H18BrNO3/c1-4-11(14)7-10-5-6-12(15(16)17)13(8-10)18-9(2)3/h5-6,8-9,11H,4,7H2,1-3H3. The number of nitrogens with zero attached hydrogens (tertiary/aromatic N) is 1. The molecule has 0 saturated heterocycles. The molecule has 100 valence electrons. The first-order chi connectivity index (χ1) is 8.43. The Morgan fingerprint density at radius 3 is 2.61 bits per heavy atom. The van der Waals surface area contributed by atoms with E-state index in [0.29, 0.717) is 10.6 Å². The van der Waals surface area contributed by atoms with Crippen LogP contribution in [0.2, 0.25) is 0 Å². The first-order valence-corrected chi connectivity index (χ1v) is 6.93. The van der Waals surface area contributed by atoms with E-state index < -0.39 is 4.92 Å². The summed E-state index contributed by atoms with van der Waals surface area (Å²) in [5, 5.41) is 10.9. The van der Waals surface area contributed by atoms with Gasteiger partial charge >= 0.3 is 5.69 Å². The molecule has 1 aromatic carbocycles. The molecule has 1 atom stereocenters. The molecular formula is C13H18BrNO3. The summed E-state index contributed by atoms with van der Waals surface area (Å²) in [5.74, 6) is 0.350. The van der Waals surface area contributed by atoms with E-state index in [2.05, 4.69) is 22.9 Å². The van der Waals surface area contributed by atoms with E-state index in [0.717, 1.165) is 18.4 Å². The Kier molecular flexibility index (Phi) is 5.59. The number of nitro groups is 1. The lowest BCUT2D eigenvalue weighted by molar-refractivity contribution is -0.386. The van der Waals surface area contributed by atoms with Crippen molar-refractivity contribution in [3.63, 3.8) is 0 Å². The maximum Gasteiger partial charge on any atom is 0.310 e. The quantitative estimate of drug-likeness (QED) is 0.451. The van der Waals surface area contributed by atoms with Gasteiger partial charge in [-0.25, -0.2) is 0 Å². The highest BCUT2D eigenvalue weighted by Gasteiger charge is 2.17. The second-order valence-electron chi connectivity index (χ2n) is 4.44. The van der Waals surface area contributed by atoms with Crippen molar-refractivity contribution in [2.24, 2.45) is 0 Å². The maximum absolute atomic E-state index is 10.9. The summed E-state index contributed by atoms with van der Waals surface area (Å²) in [7, 11) is 0. The molecule has 0 amide bonds. The average Bonchev–Trinajstić information content (AvgIpc) is 2.27. The third-order valence-corrected chi connectivity index (χ3v) is 3.45. The van der Waals surface area contributed by atoms with E-state index in [9.17, 15) is 10.1 Å². The fourth-order valence-corrected chi connectivity index (χ4v) is 1.96. The molecule has 1 aromatic rings. The van der Waals surface area contributed by atoms with Crippen LogP contribution < -0.4 is 4.74 Å². The first-order valence-electron chi connectivity index (χ1n) is 6.02. The zero-order valence-corrected chi connectivity index (χ0v) is 12.4. The van der Waals surface area contributed by atoms with Crippen molar-refractivity contribution in [3.05, 3.63) is 33.9 Å². The Morgan fingerprint density at radius 1 is 1.44 bits per heavy atom. The van der Waals surface area contributed by atoms with E-state index in [4.69, 9.17) is 4.74 Å². The Balaban J connectivity index is 3.01. The van der Waals surface area contributed by atoms with Crippen LogP contribution in [0, 0.1) is 10.1 Å². The first kappa shape index (κ1) is 15.0. The van der Waals surface area contributed by atoms with Gasteiger partial charge in [0.05, 0.1) is 11.0 Å². The van der Waals surface area contributed by atoms with Crippen molar-refractivity contribution < 1.29 is 9.66 Å². The van der Waals surface area contributed by atoms with Crippen LogP contribution in [0.15, 0.2) is 18.2 Å². The zero-order valence-electron chi connectivity index (χ0n) is 10.9. The third kappa shape index (κ3) is 4.29. The molecule has 0 radical (unpaired) electrons. The van der Waals surface area contributed by atoms with E-state index in [1.807, 2.05) is 13.8 Å². The minimum atomic E-state index is -0.410. The van der Waals surface area contributed by atoms with Gasteiger partial charge in [0.25, 0.3) is 0 Å². The van der Waals surface area contributed by atoms with Crippen LogP contribution in [0.25, 0.3) is 0 Å².